The zero-order chi connectivity index (χ0) is 11.0. The van der Waals surface area contributed by atoms with E-state index in [9.17, 15) is 0 Å². The van der Waals surface area contributed by atoms with Crippen molar-refractivity contribution in [3.8, 4) is 12.3 Å². The molecule has 0 rings (SSSR count). The molecule has 0 amide bonds. The zero-order valence-corrected chi connectivity index (χ0v) is 9.98. The zero-order valence-electron chi connectivity index (χ0n) is 9.98. The minimum absolute atomic E-state index is 1.07. The molecule has 0 nitrogen and oxygen atoms in total. The summed E-state index contributed by atoms with van der Waals surface area (Å²) in [6, 6.07) is 0. The van der Waals surface area contributed by atoms with Gasteiger partial charge in [0.2, 0.25) is 0 Å². The third-order valence-electron chi connectivity index (χ3n) is 2.47. The summed E-state index contributed by atoms with van der Waals surface area (Å²) in [6.45, 7) is 8.52. The number of hydrogen-bond acceptors (Lipinski definition) is 0. The van der Waals surface area contributed by atoms with Crippen molar-refractivity contribution in [2.75, 3.05) is 0 Å². The third-order valence-corrected chi connectivity index (χ3v) is 2.47. The summed E-state index contributed by atoms with van der Waals surface area (Å²) < 4.78 is 0. The predicted octanol–water partition coefficient (Wildman–Crippen LogP) is 4.48. The van der Waals surface area contributed by atoms with Gasteiger partial charge in [-0.1, -0.05) is 37.3 Å². The fourth-order valence-electron chi connectivity index (χ4n) is 1.23. The van der Waals surface area contributed by atoms with E-state index in [0.29, 0.717) is 0 Å². The molecule has 0 aromatic carbocycles. The lowest BCUT2D eigenvalue weighted by molar-refractivity contribution is 0.728. The van der Waals surface area contributed by atoms with E-state index in [1.807, 2.05) is 0 Å². The van der Waals surface area contributed by atoms with Gasteiger partial charge in [-0.3, -0.25) is 0 Å². The summed E-state index contributed by atoms with van der Waals surface area (Å²) in [4.78, 5) is 0. The molecule has 0 fully saturated rings. The molecule has 0 aliphatic heterocycles. The molecule has 0 spiro atoms. The van der Waals surface area contributed by atoms with Crippen molar-refractivity contribution in [2.45, 2.75) is 53.4 Å². The summed E-state index contributed by atoms with van der Waals surface area (Å²) in [6.07, 6.45) is 12.6. The van der Waals surface area contributed by atoms with E-state index in [-0.39, 0.29) is 0 Å². The Morgan fingerprint density at radius 3 is 2.29 bits per heavy atom. The average molecular weight is 190 g/mol. The Hall–Kier alpha value is -0.960. The molecule has 0 bridgehead atoms. The molecule has 0 saturated carbocycles. The van der Waals surface area contributed by atoms with Crippen LogP contribution in [0.25, 0.3) is 0 Å². The highest BCUT2D eigenvalue weighted by Gasteiger charge is 1.97. The predicted molar refractivity (Wildman–Crippen MR) is 65.1 cm³/mol. The maximum atomic E-state index is 5.47. The Morgan fingerprint density at radius 2 is 1.86 bits per heavy atom. The van der Waals surface area contributed by atoms with Crippen LogP contribution in [0, 0.1) is 12.3 Å². The molecule has 0 heteroatoms. The van der Waals surface area contributed by atoms with Gasteiger partial charge in [-0.2, -0.15) is 0 Å². The second kappa shape index (κ2) is 7.44. The molecule has 0 radical (unpaired) electrons. The summed E-state index contributed by atoms with van der Waals surface area (Å²) in [5.41, 5.74) is 3.63. The normalized spacial score (nSPS) is 10.9. The van der Waals surface area contributed by atoms with Gasteiger partial charge in [0, 0.05) is 5.57 Å². The van der Waals surface area contributed by atoms with Crippen molar-refractivity contribution in [3.63, 3.8) is 0 Å². The molecule has 78 valence electrons. The lowest BCUT2D eigenvalue weighted by Crippen LogP contribution is -1.85. The van der Waals surface area contributed by atoms with Gasteiger partial charge in [0.05, 0.1) is 0 Å². The lowest BCUT2D eigenvalue weighted by atomic mass is 10.0. The highest BCUT2D eigenvalue weighted by Crippen LogP contribution is 2.14. The van der Waals surface area contributed by atoms with E-state index < -0.39 is 0 Å². The van der Waals surface area contributed by atoms with E-state index >= 15 is 0 Å². The molecule has 14 heavy (non-hydrogen) atoms. The largest absolute Gasteiger partial charge is 0.115 e. The SMILES string of the molecule is C#C/C(=C/CCCCC)C(C)=C(C)C. The van der Waals surface area contributed by atoms with Crippen molar-refractivity contribution < 1.29 is 0 Å². The number of rotatable bonds is 5. The average Bonchev–Trinajstić information content (AvgIpc) is 2.17. The summed E-state index contributed by atoms with van der Waals surface area (Å²) >= 11 is 0. The quantitative estimate of drug-likeness (QED) is 0.340. The van der Waals surface area contributed by atoms with E-state index in [4.69, 9.17) is 6.42 Å². The minimum atomic E-state index is 1.07. The van der Waals surface area contributed by atoms with Crippen LogP contribution in [0.4, 0.5) is 0 Å². The molecular weight excluding hydrogens is 168 g/mol. The Kier molecular flexibility index (Phi) is 6.93. The highest BCUT2D eigenvalue weighted by molar-refractivity contribution is 5.44. The van der Waals surface area contributed by atoms with Gasteiger partial charge < -0.3 is 0 Å². The molecular formula is C14H22. The van der Waals surface area contributed by atoms with E-state index in [0.717, 1.165) is 12.0 Å². The first kappa shape index (κ1) is 13.0. The molecule has 0 aromatic heterocycles. The molecule has 0 N–H and O–H groups in total. The van der Waals surface area contributed by atoms with Crippen molar-refractivity contribution in [1.29, 1.82) is 0 Å². The maximum Gasteiger partial charge on any atom is 0.0231 e. The van der Waals surface area contributed by atoms with Crippen molar-refractivity contribution in [3.05, 3.63) is 22.8 Å². The number of terminal acetylenes is 1. The van der Waals surface area contributed by atoms with Gasteiger partial charge in [0.1, 0.15) is 0 Å². The summed E-state index contributed by atoms with van der Waals surface area (Å²) in [7, 11) is 0. The Bertz CT molecular complexity index is 254. The molecule has 0 aliphatic rings. The first-order chi connectivity index (χ1) is 6.63. The summed E-state index contributed by atoms with van der Waals surface area (Å²) in [5, 5.41) is 0. The van der Waals surface area contributed by atoms with Crippen LogP contribution in [0.2, 0.25) is 0 Å². The van der Waals surface area contributed by atoms with Gasteiger partial charge in [-0.25, -0.2) is 0 Å². The molecule has 0 aromatic rings. The second-order valence-electron chi connectivity index (χ2n) is 3.88. The standard InChI is InChI=1S/C14H22/c1-6-8-9-10-11-14(7-2)13(5)12(3)4/h2,11H,6,8-10H2,1,3-5H3/b14-11-. The maximum absolute atomic E-state index is 5.47. The van der Waals surface area contributed by atoms with Crippen molar-refractivity contribution in [2.24, 2.45) is 0 Å². The highest BCUT2D eigenvalue weighted by atomic mass is 14.0. The van der Waals surface area contributed by atoms with Crippen molar-refractivity contribution in [1.82, 2.24) is 0 Å². The summed E-state index contributed by atoms with van der Waals surface area (Å²) in [5.74, 6) is 2.76. The first-order valence-electron chi connectivity index (χ1n) is 5.44. The van der Waals surface area contributed by atoms with E-state index in [1.54, 1.807) is 0 Å². The lowest BCUT2D eigenvalue weighted by Gasteiger charge is -2.03. The van der Waals surface area contributed by atoms with Crippen LogP contribution in [-0.2, 0) is 0 Å². The van der Waals surface area contributed by atoms with E-state index in [2.05, 4.69) is 39.7 Å². The van der Waals surface area contributed by atoms with Gasteiger partial charge in [0.15, 0.2) is 0 Å². The number of hydrogen-bond donors (Lipinski definition) is 0. The fraction of sp³-hybridized carbons (Fsp3) is 0.571. The molecule has 0 heterocycles. The molecule has 0 saturated heterocycles. The Morgan fingerprint density at radius 1 is 1.21 bits per heavy atom. The minimum Gasteiger partial charge on any atom is -0.115 e. The third kappa shape index (κ3) is 4.92. The number of unbranched alkanes of at least 4 members (excludes halogenated alkanes) is 3. The topological polar surface area (TPSA) is 0 Å². The van der Waals surface area contributed by atoms with Crippen LogP contribution in [0.3, 0.4) is 0 Å². The molecule has 0 unspecified atom stereocenters. The van der Waals surface area contributed by atoms with Crippen LogP contribution in [-0.4, -0.2) is 0 Å². The first-order valence-corrected chi connectivity index (χ1v) is 5.44. The fourth-order valence-corrected chi connectivity index (χ4v) is 1.23. The van der Waals surface area contributed by atoms with E-state index in [1.165, 1.54) is 30.4 Å². The Balaban J connectivity index is 4.29. The van der Waals surface area contributed by atoms with Gasteiger partial charge in [-0.05, 0) is 39.2 Å². The van der Waals surface area contributed by atoms with Gasteiger partial charge in [0.25, 0.3) is 0 Å². The van der Waals surface area contributed by atoms with Crippen LogP contribution in [0.15, 0.2) is 22.8 Å². The molecule has 0 aliphatic carbocycles. The van der Waals surface area contributed by atoms with Gasteiger partial charge >= 0.3 is 0 Å². The van der Waals surface area contributed by atoms with Crippen molar-refractivity contribution >= 4 is 0 Å². The van der Waals surface area contributed by atoms with Crippen LogP contribution in [0.5, 0.6) is 0 Å². The van der Waals surface area contributed by atoms with Gasteiger partial charge in [-0.15, -0.1) is 6.42 Å². The smallest absolute Gasteiger partial charge is 0.0231 e. The van der Waals surface area contributed by atoms with Crippen LogP contribution in [0.1, 0.15) is 53.4 Å². The molecule has 0 atom stereocenters. The van der Waals surface area contributed by atoms with Crippen LogP contribution >= 0.6 is 0 Å². The monoisotopic (exact) mass is 190 g/mol. The second-order valence-corrected chi connectivity index (χ2v) is 3.88. The Labute approximate surface area is 89.1 Å². The number of allylic oxidation sites excluding steroid dienone is 4. The van der Waals surface area contributed by atoms with Crippen LogP contribution < -0.4 is 0 Å².